The fraction of sp³-hybridized carbons (Fsp3) is 0.0909. The van der Waals surface area contributed by atoms with Gasteiger partial charge in [-0.3, -0.25) is 10.1 Å². The molecule has 1 aromatic heterocycles. The van der Waals surface area contributed by atoms with Crippen LogP contribution in [0.5, 0.6) is 5.75 Å². The van der Waals surface area contributed by atoms with Crippen molar-refractivity contribution in [1.29, 1.82) is 0 Å². The number of hydrogen-bond donors (Lipinski definition) is 2. The summed E-state index contributed by atoms with van der Waals surface area (Å²) in [5.74, 6) is 0.560. The number of carbonyl (C=O) groups is 1. The Hall–Kier alpha value is -3.22. The molecule has 4 aromatic rings. The quantitative estimate of drug-likeness (QED) is 0.523. The zero-order valence-electron chi connectivity index (χ0n) is 15.3. The number of carbonyl (C=O) groups excluding carboxylic acids is 1. The molecule has 28 heavy (non-hydrogen) atoms. The van der Waals surface area contributed by atoms with Crippen LogP contribution in [-0.2, 0) is 0 Å². The summed E-state index contributed by atoms with van der Waals surface area (Å²) in [7, 11) is 1.62. The maximum absolute atomic E-state index is 12.6. The standard InChI is InChI=1S/C22H19N3O2S/c1-27-17-11-12-18-19(13-17)28-22(24-18)25-21(26)16-9-7-15(8-10-16)20(23)14-5-3-2-4-6-14/h2-13,20H,23H2,1H3,(H,24,25,26)/t20-/m1/s1. The van der Waals surface area contributed by atoms with Crippen molar-refractivity contribution < 1.29 is 9.53 Å². The molecule has 1 atom stereocenters. The number of nitrogens with one attached hydrogen (secondary N) is 1. The number of benzene rings is 3. The number of aromatic nitrogens is 1. The van der Waals surface area contributed by atoms with Crippen molar-refractivity contribution in [1.82, 2.24) is 4.98 Å². The van der Waals surface area contributed by atoms with Gasteiger partial charge in [-0.15, -0.1) is 0 Å². The lowest BCUT2D eigenvalue weighted by Gasteiger charge is -2.13. The number of nitrogens with zero attached hydrogens (tertiary/aromatic N) is 1. The Bertz CT molecular complexity index is 1110. The monoisotopic (exact) mass is 389 g/mol. The number of amides is 1. The second-order valence-electron chi connectivity index (χ2n) is 6.32. The molecular weight excluding hydrogens is 370 g/mol. The van der Waals surface area contributed by atoms with Crippen molar-refractivity contribution in [2.24, 2.45) is 5.73 Å². The summed E-state index contributed by atoms with van der Waals surface area (Å²) in [5, 5.41) is 3.42. The van der Waals surface area contributed by atoms with E-state index in [9.17, 15) is 4.79 Å². The molecule has 5 nitrogen and oxygen atoms in total. The molecule has 1 amide bonds. The van der Waals surface area contributed by atoms with Crippen LogP contribution < -0.4 is 15.8 Å². The van der Waals surface area contributed by atoms with Crippen LogP contribution >= 0.6 is 11.3 Å². The van der Waals surface area contributed by atoms with Crippen molar-refractivity contribution in [3.05, 3.63) is 89.5 Å². The molecule has 0 aliphatic carbocycles. The van der Waals surface area contributed by atoms with E-state index in [2.05, 4.69) is 10.3 Å². The number of ether oxygens (including phenoxy) is 1. The molecule has 0 bridgehead atoms. The minimum absolute atomic E-state index is 0.203. The Morgan fingerprint density at radius 1 is 1.04 bits per heavy atom. The highest BCUT2D eigenvalue weighted by Crippen LogP contribution is 2.29. The van der Waals surface area contributed by atoms with Crippen LogP contribution in [0.1, 0.15) is 27.5 Å². The van der Waals surface area contributed by atoms with Gasteiger partial charge < -0.3 is 10.5 Å². The van der Waals surface area contributed by atoms with Gasteiger partial charge in [-0.1, -0.05) is 53.8 Å². The first kappa shape index (κ1) is 18.2. The summed E-state index contributed by atoms with van der Waals surface area (Å²) in [5.41, 5.74) is 9.68. The van der Waals surface area contributed by atoms with Gasteiger partial charge in [0.2, 0.25) is 0 Å². The largest absolute Gasteiger partial charge is 0.497 e. The van der Waals surface area contributed by atoms with Gasteiger partial charge in [0, 0.05) is 5.56 Å². The van der Waals surface area contributed by atoms with E-state index in [1.807, 2.05) is 60.7 Å². The second kappa shape index (κ2) is 7.80. The number of thiazole rings is 1. The number of nitrogens with two attached hydrogens (primary N) is 1. The number of fused-ring (bicyclic) bond motifs is 1. The molecule has 0 spiro atoms. The maximum atomic E-state index is 12.6. The van der Waals surface area contributed by atoms with Crippen LogP contribution in [0.15, 0.2) is 72.8 Å². The van der Waals surface area contributed by atoms with Crippen molar-refractivity contribution in [3.63, 3.8) is 0 Å². The van der Waals surface area contributed by atoms with Crippen LogP contribution in [0.4, 0.5) is 5.13 Å². The van der Waals surface area contributed by atoms with Gasteiger partial charge in [0.25, 0.3) is 5.91 Å². The Balaban J connectivity index is 1.49. The van der Waals surface area contributed by atoms with Gasteiger partial charge in [0.05, 0.1) is 23.4 Å². The Morgan fingerprint density at radius 3 is 2.46 bits per heavy atom. The third-order valence-electron chi connectivity index (χ3n) is 4.51. The zero-order valence-corrected chi connectivity index (χ0v) is 16.1. The fourth-order valence-electron chi connectivity index (χ4n) is 2.95. The van der Waals surface area contributed by atoms with E-state index in [0.717, 1.165) is 27.1 Å². The van der Waals surface area contributed by atoms with E-state index < -0.39 is 0 Å². The van der Waals surface area contributed by atoms with Gasteiger partial charge in [0.1, 0.15) is 5.75 Å². The first-order chi connectivity index (χ1) is 13.6. The third kappa shape index (κ3) is 3.74. The summed E-state index contributed by atoms with van der Waals surface area (Å²) < 4.78 is 6.18. The minimum atomic E-state index is -0.224. The SMILES string of the molecule is COc1ccc2nc(NC(=O)c3ccc([C@H](N)c4ccccc4)cc3)sc2c1. The predicted molar refractivity (Wildman–Crippen MR) is 113 cm³/mol. The summed E-state index contributed by atoms with van der Waals surface area (Å²) in [6.07, 6.45) is 0. The van der Waals surface area contributed by atoms with Gasteiger partial charge in [-0.2, -0.15) is 0 Å². The Morgan fingerprint density at radius 2 is 1.75 bits per heavy atom. The highest BCUT2D eigenvalue weighted by molar-refractivity contribution is 7.22. The minimum Gasteiger partial charge on any atom is -0.497 e. The third-order valence-corrected chi connectivity index (χ3v) is 5.44. The molecule has 0 saturated carbocycles. The zero-order chi connectivity index (χ0) is 19.5. The second-order valence-corrected chi connectivity index (χ2v) is 7.35. The molecule has 3 aromatic carbocycles. The summed E-state index contributed by atoms with van der Waals surface area (Å²) in [6, 6.07) is 22.6. The van der Waals surface area contributed by atoms with E-state index >= 15 is 0 Å². The Kier molecular flexibility index (Phi) is 5.06. The first-order valence-electron chi connectivity index (χ1n) is 8.80. The summed E-state index contributed by atoms with van der Waals surface area (Å²) >= 11 is 1.41. The smallest absolute Gasteiger partial charge is 0.257 e. The van der Waals surface area contributed by atoms with Gasteiger partial charge in [-0.05, 0) is 41.5 Å². The van der Waals surface area contributed by atoms with Crippen molar-refractivity contribution in [3.8, 4) is 5.75 Å². The van der Waals surface area contributed by atoms with E-state index in [1.165, 1.54) is 11.3 Å². The molecule has 0 aliphatic heterocycles. The highest BCUT2D eigenvalue weighted by atomic mass is 32.1. The molecule has 0 fully saturated rings. The average Bonchev–Trinajstić information content (AvgIpc) is 3.15. The number of anilines is 1. The molecule has 1 heterocycles. The highest BCUT2D eigenvalue weighted by Gasteiger charge is 2.13. The molecule has 4 rings (SSSR count). The summed E-state index contributed by atoms with van der Waals surface area (Å²) in [6.45, 7) is 0. The maximum Gasteiger partial charge on any atom is 0.257 e. The molecule has 0 saturated heterocycles. The molecule has 3 N–H and O–H groups in total. The van der Waals surface area contributed by atoms with Gasteiger partial charge in [0.15, 0.2) is 5.13 Å². The van der Waals surface area contributed by atoms with E-state index in [-0.39, 0.29) is 11.9 Å². The lowest BCUT2D eigenvalue weighted by molar-refractivity contribution is 0.102. The molecule has 0 radical (unpaired) electrons. The van der Waals surface area contributed by atoms with Crippen LogP contribution in [0.25, 0.3) is 10.2 Å². The number of hydrogen-bond acceptors (Lipinski definition) is 5. The normalized spacial score (nSPS) is 11.9. The number of rotatable bonds is 5. The Labute approximate surface area is 166 Å². The van der Waals surface area contributed by atoms with Crippen LogP contribution in [0.3, 0.4) is 0 Å². The van der Waals surface area contributed by atoms with Gasteiger partial charge in [-0.25, -0.2) is 4.98 Å². The molecule has 6 heteroatoms. The molecule has 0 unspecified atom stereocenters. The van der Waals surface area contributed by atoms with Crippen molar-refractivity contribution in [2.45, 2.75) is 6.04 Å². The lowest BCUT2D eigenvalue weighted by Crippen LogP contribution is -2.14. The first-order valence-corrected chi connectivity index (χ1v) is 9.62. The van der Waals surface area contributed by atoms with E-state index in [0.29, 0.717) is 10.7 Å². The lowest BCUT2D eigenvalue weighted by atomic mass is 9.98. The molecular formula is C22H19N3O2S. The van der Waals surface area contributed by atoms with Crippen molar-refractivity contribution in [2.75, 3.05) is 12.4 Å². The molecule has 0 aliphatic rings. The van der Waals surface area contributed by atoms with Gasteiger partial charge >= 0.3 is 0 Å². The van der Waals surface area contributed by atoms with Crippen LogP contribution in [-0.4, -0.2) is 18.0 Å². The van der Waals surface area contributed by atoms with Crippen LogP contribution in [0, 0.1) is 0 Å². The van der Waals surface area contributed by atoms with Crippen LogP contribution in [0.2, 0.25) is 0 Å². The van der Waals surface area contributed by atoms with Crippen molar-refractivity contribution >= 4 is 32.6 Å². The average molecular weight is 389 g/mol. The fourth-order valence-corrected chi connectivity index (χ4v) is 3.84. The number of methoxy groups -OCH3 is 1. The summed E-state index contributed by atoms with van der Waals surface area (Å²) in [4.78, 5) is 17.0. The predicted octanol–water partition coefficient (Wildman–Crippen LogP) is 4.61. The van der Waals surface area contributed by atoms with E-state index in [4.69, 9.17) is 10.5 Å². The molecule has 140 valence electrons. The topological polar surface area (TPSA) is 77.2 Å². The van der Waals surface area contributed by atoms with E-state index in [1.54, 1.807) is 19.2 Å².